The highest BCUT2D eigenvalue weighted by molar-refractivity contribution is 7.89. The number of pyridine rings is 1. The van der Waals surface area contributed by atoms with Crippen LogP contribution in [0.1, 0.15) is 17.7 Å². The van der Waals surface area contributed by atoms with Gasteiger partial charge in [0.05, 0.1) is 0 Å². The number of sulfonamides is 1. The number of hydrogen-bond donors (Lipinski definition) is 2. The number of nitrogen functional groups attached to an aromatic ring is 1. The third-order valence-electron chi connectivity index (χ3n) is 1.70. The molecule has 0 spiro atoms. The first-order valence-corrected chi connectivity index (χ1v) is 5.36. The molecule has 1 rings (SSSR count). The van der Waals surface area contributed by atoms with Crippen molar-refractivity contribution < 1.29 is 17.2 Å². The van der Waals surface area contributed by atoms with Crippen LogP contribution >= 0.6 is 0 Å². The number of halogens is 2. The predicted molar refractivity (Wildman–Crippen MR) is 49.7 cm³/mol. The number of nitrogens with two attached hydrogens (primary N) is 2. The summed E-state index contributed by atoms with van der Waals surface area (Å²) in [5.41, 5.74) is 4.38. The molecule has 0 radical (unpaired) electrons. The van der Waals surface area contributed by atoms with E-state index in [0.717, 1.165) is 0 Å². The molecule has 0 aromatic carbocycles. The van der Waals surface area contributed by atoms with Gasteiger partial charge in [-0.05, 0) is 18.6 Å². The number of primary sulfonamides is 1. The van der Waals surface area contributed by atoms with Gasteiger partial charge in [0, 0.05) is 0 Å². The minimum Gasteiger partial charge on any atom is -0.384 e. The molecular formula is C7H9F2N3O2S. The van der Waals surface area contributed by atoms with Crippen LogP contribution in [0.25, 0.3) is 0 Å². The molecule has 0 aliphatic heterocycles. The lowest BCUT2D eigenvalue weighted by Gasteiger charge is -2.09. The van der Waals surface area contributed by atoms with Gasteiger partial charge < -0.3 is 5.73 Å². The Kier molecular flexibility index (Phi) is 2.91. The molecule has 0 aliphatic carbocycles. The first kappa shape index (κ1) is 11.8. The van der Waals surface area contributed by atoms with Gasteiger partial charge in [-0.25, -0.2) is 27.3 Å². The molecule has 4 N–H and O–H groups in total. The van der Waals surface area contributed by atoms with Crippen LogP contribution in [0.3, 0.4) is 0 Å². The Morgan fingerprint density at radius 1 is 1.47 bits per heavy atom. The van der Waals surface area contributed by atoms with Crippen LogP contribution in [0.5, 0.6) is 0 Å². The quantitative estimate of drug-likeness (QED) is 0.784. The Hall–Kier alpha value is -1.28. The fourth-order valence-electron chi connectivity index (χ4n) is 1.23. The number of nitrogens with zero attached hydrogens (tertiary/aromatic N) is 1. The van der Waals surface area contributed by atoms with Crippen molar-refractivity contribution in [3.05, 3.63) is 17.3 Å². The highest BCUT2D eigenvalue weighted by Crippen LogP contribution is 2.27. The molecule has 0 unspecified atom stereocenters. The van der Waals surface area contributed by atoms with Gasteiger partial charge in [0.2, 0.25) is 10.0 Å². The maximum Gasteiger partial charge on any atom is 0.281 e. The van der Waals surface area contributed by atoms with Crippen LogP contribution in [-0.4, -0.2) is 13.4 Å². The number of aromatic nitrogens is 1. The summed E-state index contributed by atoms with van der Waals surface area (Å²) in [5.74, 6) is -0.171. The van der Waals surface area contributed by atoms with Crippen molar-refractivity contribution in [1.29, 1.82) is 0 Å². The van der Waals surface area contributed by atoms with Gasteiger partial charge in [-0.15, -0.1) is 0 Å². The Labute approximate surface area is 85.2 Å². The second-order valence-electron chi connectivity index (χ2n) is 2.92. The molecular weight excluding hydrogens is 228 g/mol. The monoisotopic (exact) mass is 237 g/mol. The molecule has 1 aromatic rings. The van der Waals surface area contributed by atoms with Crippen molar-refractivity contribution in [1.82, 2.24) is 4.98 Å². The average molecular weight is 237 g/mol. The molecule has 84 valence electrons. The van der Waals surface area contributed by atoms with Crippen molar-refractivity contribution in [3.63, 3.8) is 0 Å². The van der Waals surface area contributed by atoms with Gasteiger partial charge in [-0.3, -0.25) is 0 Å². The van der Waals surface area contributed by atoms with Gasteiger partial charge in [0.15, 0.2) is 0 Å². The van der Waals surface area contributed by atoms with Crippen molar-refractivity contribution in [2.75, 3.05) is 5.73 Å². The Balaban J connectivity index is 3.62. The highest BCUT2D eigenvalue weighted by Gasteiger charge is 2.25. The van der Waals surface area contributed by atoms with E-state index in [9.17, 15) is 17.2 Å². The molecule has 0 aliphatic rings. The Morgan fingerprint density at radius 3 is 2.40 bits per heavy atom. The summed E-state index contributed by atoms with van der Waals surface area (Å²) in [4.78, 5) is 2.61. The molecule has 0 amide bonds. The highest BCUT2D eigenvalue weighted by atomic mass is 32.2. The smallest absolute Gasteiger partial charge is 0.281 e. The largest absolute Gasteiger partial charge is 0.384 e. The van der Waals surface area contributed by atoms with Crippen LogP contribution in [-0.2, 0) is 10.0 Å². The van der Waals surface area contributed by atoms with Crippen molar-refractivity contribution in [2.45, 2.75) is 18.2 Å². The number of alkyl halides is 2. The summed E-state index contributed by atoms with van der Waals surface area (Å²) in [6, 6.07) is 1.17. The predicted octanol–water partition coefficient (Wildman–Crippen LogP) is 0.557. The van der Waals surface area contributed by atoms with Crippen molar-refractivity contribution in [3.8, 4) is 0 Å². The van der Waals surface area contributed by atoms with Crippen LogP contribution in [0.15, 0.2) is 11.0 Å². The molecule has 15 heavy (non-hydrogen) atoms. The zero-order valence-corrected chi connectivity index (χ0v) is 8.55. The van der Waals surface area contributed by atoms with Gasteiger partial charge in [-0.1, -0.05) is 0 Å². The number of anilines is 1. The second kappa shape index (κ2) is 3.70. The molecule has 0 saturated carbocycles. The fraction of sp³-hybridized carbons (Fsp3) is 0.286. The third-order valence-corrected chi connectivity index (χ3v) is 2.80. The van der Waals surface area contributed by atoms with Crippen LogP contribution < -0.4 is 10.9 Å². The Morgan fingerprint density at radius 2 is 2.00 bits per heavy atom. The molecule has 1 heterocycles. The van der Waals surface area contributed by atoms with Gasteiger partial charge >= 0.3 is 0 Å². The van der Waals surface area contributed by atoms with E-state index in [0.29, 0.717) is 0 Å². The van der Waals surface area contributed by atoms with E-state index in [4.69, 9.17) is 10.9 Å². The van der Waals surface area contributed by atoms with E-state index >= 15 is 0 Å². The lowest BCUT2D eigenvalue weighted by Crippen LogP contribution is -2.18. The normalized spacial score (nSPS) is 12.1. The number of rotatable bonds is 2. The molecule has 0 atom stereocenters. The van der Waals surface area contributed by atoms with E-state index in [-0.39, 0.29) is 11.4 Å². The fourth-order valence-corrected chi connectivity index (χ4v) is 2.16. The zero-order valence-electron chi connectivity index (χ0n) is 7.74. The molecule has 5 nitrogen and oxygen atoms in total. The molecule has 1 aromatic heterocycles. The van der Waals surface area contributed by atoms with E-state index in [1.165, 1.54) is 13.0 Å². The minimum atomic E-state index is -4.22. The molecule has 0 saturated heterocycles. The maximum absolute atomic E-state index is 12.5. The van der Waals surface area contributed by atoms with E-state index in [1.54, 1.807) is 0 Å². The van der Waals surface area contributed by atoms with Crippen LogP contribution in [0.2, 0.25) is 0 Å². The first-order valence-electron chi connectivity index (χ1n) is 3.81. The first-order chi connectivity index (χ1) is 6.73. The van der Waals surface area contributed by atoms with E-state index in [2.05, 4.69) is 4.98 Å². The number of aryl methyl sites for hydroxylation is 1. The Bertz CT molecular complexity index is 487. The standard InChI is InChI=1S/C7H9F2N3O2S/c1-3-2-4(10)12-5(7(8)9)6(3)15(11,13)14/h2,7H,1H3,(H2,10,12)(H2,11,13,14). The topological polar surface area (TPSA) is 99.1 Å². The molecule has 8 heteroatoms. The van der Waals surface area contributed by atoms with Crippen LogP contribution in [0, 0.1) is 6.92 Å². The van der Waals surface area contributed by atoms with Gasteiger partial charge in [0.1, 0.15) is 16.4 Å². The summed E-state index contributed by atoms with van der Waals surface area (Å²) in [5, 5.41) is 4.80. The van der Waals surface area contributed by atoms with Crippen molar-refractivity contribution in [2.24, 2.45) is 5.14 Å². The lowest BCUT2D eigenvalue weighted by molar-refractivity contribution is 0.142. The van der Waals surface area contributed by atoms with E-state index in [1.807, 2.05) is 0 Å². The van der Waals surface area contributed by atoms with Crippen molar-refractivity contribution >= 4 is 15.8 Å². The summed E-state index contributed by atoms with van der Waals surface area (Å²) < 4.78 is 47.1. The average Bonchev–Trinajstić information content (AvgIpc) is 1.99. The molecule has 0 fully saturated rings. The summed E-state index contributed by atoms with van der Waals surface area (Å²) in [6.45, 7) is 1.32. The maximum atomic E-state index is 12.5. The van der Waals surface area contributed by atoms with Crippen LogP contribution in [0.4, 0.5) is 14.6 Å². The minimum absolute atomic E-state index is 0.0558. The summed E-state index contributed by atoms with van der Waals surface area (Å²) in [7, 11) is -4.22. The van der Waals surface area contributed by atoms with Gasteiger partial charge in [0.25, 0.3) is 6.43 Å². The lowest BCUT2D eigenvalue weighted by atomic mass is 10.2. The number of hydrogen-bond acceptors (Lipinski definition) is 4. The van der Waals surface area contributed by atoms with E-state index < -0.39 is 27.0 Å². The SMILES string of the molecule is Cc1cc(N)nc(C(F)F)c1S(N)(=O)=O. The molecule has 0 bridgehead atoms. The zero-order chi connectivity index (χ0) is 11.8. The second-order valence-corrected chi connectivity index (χ2v) is 4.42. The summed E-state index contributed by atoms with van der Waals surface area (Å²) >= 11 is 0. The summed E-state index contributed by atoms with van der Waals surface area (Å²) in [6.07, 6.45) is -3.04. The third kappa shape index (κ3) is 2.39. The van der Waals surface area contributed by atoms with Gasteiger partial charge in [-0.2, -0.15) is 0 Å².